The molecule has 0 aromatic heterocycles. The number of halogens is 1. The van der Waals surface area contributed by atoms with Gasteiger partial charge in [0.1, 0.15) is 5.16 Å². The van der Waals surface area contributed by atoms with Gasteiger partial charge in [-0.25, -0.2) is 0 Å². The summed E-state index contributed by atoms with van der Waals surface area (Å²) in [4.78, 5) is 1.90. The van der Waals surface area contributed by atoms with Crippen LogP contribution in [-0.4, -0.2) is 19.0 Å². The van der Waals surface area contributed by atoms with Crippen molar-refractivity contribution in [2.24, 2.45) is 5.41 Å². The number of hydrogen-bond donors (Lipinski definition) is 0. The van der Waals surface area contributed by atoms with Crippen LogP contribution in [0.25, 0.3) is 0 Å². The Morgan fingerprint density at radius 2 is 1.70 bits per heavy atom. The van der Waals surface area contributed by atoms with E-state index in [2.05, 4.69) is 20.8 Å². The van der Waals surface area contributed by atoms with Crippen LogP contribution in [0, 0.1) is 5.41 Å². The molecule has 0 aromatic carbocycles. The first kappa shape index (κ1) is 9.83. The van der Waals surface area contributed by atoms with Crippen molar-refractivity contribution in [1.82, 2.24) is 4.90 Å². The minimum atomic E-state index is 0.168. The highest BCUT2D eigenvalue weighted by atomic mass is 35.5. The highest BCUT2D eigenvalue weighted by Gasteiger charge is 2.07. The molecule has 0 amide bonds. The van der Waals surface area contributed by atoms with Crippen LogP contribution >= 0.6 is 11.6 Å². The second kappa shape index (κ2) is 3.29. The highest BCUT2D eigenvalue weighted by molar-refractivity contribution is 6.29. The summed E-state index contributed by atoms with van der Waals surface area (Å²) in [6.07, 6.45) is 2.04. The van der Waals surface area contributed by atoms with E-state index >= 15 is 0 Å². The minimum Gasteiger partial charge on any atom is -0.369 e. The smallest absolute Gasteiger partial charge is 0.100 e. The van der Waals surface area contributed by atoms with Crippen LogP contribution in [0.1, 0.15) is 20.8 Å². The largest absolute Gasteiger partial charge is 0.369 e. The lowest BCUT2D eigenvalue weighted by Gasteiger charge is -2.17. The number of hydrogen-bond acceptors (Lipinski definition) is 1. The third-order valence-electron chi connectivity index (χ3n) is 0.979. The Labute approximate surface area is 68.7 Å². The fourth-order valence-corrected chi connectivity index (χ4v) is 0.814. The Hall–Kier alpha value is -0.170. The van der Waals surface area contributed by atoms with E-state index in [4.69, 9.17) is 11.6 Å². The molecule has 0 fully saturated rings. The molecular weight excluding hydrogens is 146 g/mol. The standard InChI is InChI=1S/C8H16ClN/c1-8(2,3)6-7(9)10(4)5/h6H,1-5H3/b7-6-. The van der Waals surface area contributed by atoms with Gasteiger partial charge in [0.25, 0.3) is 0 Å². The van der Waals surface area contributed by atoms with Crippen molar-refractivity contribution in [2.45, 2.75) is 20.8 Å². The fraction of sp³-hybridized carbons (Fsp3) is 0.750. The summed E-state index contributed by atoms with van der Waals surface area (Å²) in [5.74, 6) is 0. The zero-order chi connectivity index (χ0) is 8.36. The van der Waals surface area contributed by atoms with E-state index in [0.29, 0.717) is 0 Å². The zero-order valence-corrected chi connectivity index (χ0v) is 8.16. The van der Waals surface area contributed by atoms with Gasteiger partial charge >= 0.3 is 0 Å². The Morgan fingerprint density at radius 1 is 1.30 bits per heavy atom. The SMILES string of the molecule is CN(C)/C(Cl)=C\C(C)(C)C. The molecule has 0 aliphatic carbocycles. The third-order valence-corrected chi connectivity index (χ3v) is 1.43. The molecule has 0 unspecified atom stereocenters. The van der Waals surface area contributed by atoms with Crippen LogP contribution in [0.2, 0.25) is 0 Å². The van der Waals surface area contributed by atoms with Crippen molar-refractivity contribution in [3.05, 3.63) is 11.2 Å². The van der Waals surface area contributed by atoms with E-state index in [1.54, 1.807) is 0 Å². The highest BCUT2D eigenvalue weighted by Crippen LogP contribution is 2.19. The molecule has 0 bridgehead atoms. The quantitative estimate of drug-likeness (QED) is 0.535. The molecule has 0 N–H and O–H groups in total. The summed E-state index contributed by atoms with van der Waals surface area (Å²) >= 11 is 5.89. The summed E-state index contributed by atoms with van der Waals surface area (Å²) in [7, 11) is 3.87. The topological polar surface area (TPSA) is 3.24 Å². The van der Waals surface area contributed by atoms with Gasteiger partial charge in [-0.05, 0) is 11.5 Å². The fourth-order valence-electron chi connectivity index (χ4n) is 0.486. The van der Waals surface area contributed by atoms with E-state index in [0.717, 1.165) is 5.16 Å². The predicted octanol–water partition coefficient (Wildman–Crippen LogP) is 2.67. The second-order valence-electron chi connectivity index (χ2n) is 3.73. The van der Waals surface area contributed by atoms with E-state index in [1.165, 1.54) is 0 Å². The molecule has 0 radical (unpaired) electrons. The van der Waals surface area contributed by atoms with E-state index in [-0.39, 0.29) is 5.41 Å². The summed E-state index contributed by atoms with van der Waals surface area (Å²) in [6.45, 7) is 6.37. The Bertz CT molecular complexity index is 131. The van der Waals surface area contributed by atoms with Gasteiger partial charge in [-0.2, -0.15) is 0 Å². The Balaban J connectivity index is 4.17. The lowest BCUT2D eigenvalue weighted by atomic mass is 9.97. The van der Waals surface area contributed by atoms with Gasteiger partial charge in [0.05, 0.1) is 0 Å². The van der Waals surface area contributed by atoms with Gasteiger partial charge in [0.15, 0.2) is 0 Å². The Morgan fingerprint density at radius 3 is 1.80 bits per heavy atom. The van der Waals surface area contributed by atoms with Crippen LogP contribution in [0.4, 0.5) is 0 Å². The van der Waals surface area contributed by atoms with Gasteiger partial charge in [-0.1, -0.05) is 32.4 Å². The average molecular weight is 162 g/mol. The van der Waals surface area contributed by atoms with Crippen molar-refractivity contribution in [3.8, 4) is 0 Å². The average Bonchev–Trinajstić information content (AvgIpc) is 1.60. The van der Waals surface area contributed by atoms with Crippen LogP contribution in [0.15, 0.2) is 11.2 Å². The van der Waals surface area contributed by atoms with Gasteiger partial charge < -0.3 is 4.90 Å². The predicted molar refractivity (Wildman–Crippen MR) is 47.1 cm³/mol. The van der Waals surface area contributed by atoms with Crippen LogP contribution in [0.5, 0.6) is 0 Å². The second-order valence-corrected chi connectivity index (χ2v) is 4.11. The lowest BCUT2D eigenvalue weighted by molar-refractivity contribution is 0.496. The van der Waals surface area contributed by atoms with Gasteiger partial charge in [-0.15, -0.1) is 0 Å². The summed E-state index contributed by atoms with van der Waals surface area (Å²) in [5.41, 5.74) is 0.168. The molecule has 2 heteroatoms. The van der Waals surface area contributed by atoms with Crippen molar-refractivity contribution < 1.29 is 0 Å². The maximum atomic E-state index is 5.89. The van der Waals surface area contributed by atoms with Crippen molar-refractivity contribution in [3.63, 3.8) is 0 Å². The Kier molecular flexibility index (Phi) is 3.23. The zero-order valence-electron chi connectivity index (χ0n) is 7.40. The third kappa shape index (κ3) is 4.68. The minimum absolute atomic E-state index is 0.168. The molecule has 0 aliphatic rings. The molecule has 0 aliphatic heterocycles. The van der Waals surface area contributed by atoms with Crippen LogP contribution < -0.4 is 0 Å². The first-order valence-electron chi connectivity index (χ1n) is 3.38. The van der Waals surface area contributed by atoms with Crippen molar-refractivity contribution in [2.75, 3.05) is 14.1 Å². The molecule has 0 heterocycles. The molecule has 0 atom stereocenters. The molecule has 0 saturated carbocycles. The van der Waals surface area contributed by atoms with Gasteiger partial charge in [0, 0.05) is 14.1 Å². The van der Waals surface area contributed by atoms with E-state index < -0.39 is 0 Å². The first-order valence-corrected chi connectivity index (χ1v) is 3.76. The number of rotatable bonds is 1. The first-order chi connectivity index (χ1) is 4.33. The van der Waals surface area contributed by atoms with Crippen LogP contribution in [-0.2, 0) is 0 Å². The maximum Gasteiger partial charge on any atom is 0.100 e. The summed E-state index contributed by atoms with van der Waals surface area (Å²) in [6, 6.07) is 0. The van der Waals surface area contributed by atoms with Gasteiger partial charge in [-0.3, -0.25) is 0 Å². The van der Waals surface area contributed by atoms with E-state index in [1.807, 2.05) is 25.1 Å². The normalized spacial score (nSPS) is 13.6. The molecule has 0 spiro atoms. The molecule has 10 heavy (non-hydrogen) atoms. The molecular formula is C8H16ClN. The van der Waals surface area contributed by atoms with Crippen molar-refractivity contribution in [1.29, 1.82) is 0 Å². The number of allylic oxidation sites excluding steroid dienone is 1. The number of nitrogens with zero attached hydrogens (tertiary/aromatic N) is 1. The van der Waals surface area contributed by atoms with Gasteiger partial charge in [0.2, 0.25) is 0 Å². The maximum absolute atomic E-state index is 5.89. The van der Waals surface area contributed by atoms with Crippen molar-refractivity contribution >= 4 is 11.6 Å². The summed E-state index contributed by atoms with van der Waals surface area (Å²) in [5, 5.41) is 0.799. The monoisotopic (exact) mass is 161 g/mol. The molecule has 1 nitrogen and oxygen atoms in total. The molecule has 0 saturated heterocycles. The van der Waals surface area contributed by atoms with E-state index in [9.17, 15) is 0 Å². The molecule has 0 aromatic rings. The summed E-state index contributed by atoms with van der Waals surface area (Å²) < 4.78 is 0. The molecule has 60 valence electrons. The lowest BCUT2D eigenvalue weighted by Crippen LogP contribution is -2.10. The molecule has 0 rings (SSSR count). The van der Waals surface area contributed by atoms with Crippen LogP contribution in [0.3, 0.4) is 0 Å².